The summed E-state index contributed by atoms with van der Waals surface area (Å²) in [6.07, 6.45) is 2.52. The molecule has 0 aliphatic carbocycles. The molecule has 1 fully saturated rings. The molecule has 1 aromatic rings. The van der Waals surface area contributed by atoms with Crippen LogP contribution in [0.1, 0.15) is 27.2 Å². The number of carboxylic acid groups (broad SMARTS) is 1. The summed E-state index contributed by atoms with van der Waals surface area (Å²) in [5.74, 6) is -0.459. The van der Waals surface area contributed by atoms with Crippen molar-refractivity contribution in [3.05, 3.63) is 18.6 Å². The Morgan fingerprint density at radius 2 is 2.18 bits per heavy atom. The first-order valence-corrected chi connectivity index (χ1v) is 6.97. The Morgan fingerprint density at radius 1 is 1.45 bits per heavy atom. The molecule has 8 heteroatoms. The van der Waals surface area contributed by atoms with Gasteiger partial charge in [-0.15, -0.1) is 0 Å². The van der Waals surface area contributed by atoms with Gasteiger partial charge in [0.15, 0.2) is 5.54 Å². The molecule has 8 nitrogen and oxygen atoms in total. The van der Waals surface area contributed by atoms with E-state index in [9.17, 15) is 14.7 Å². The molecule has 0 radical (unpaired) electrons. The number of amides is 1. The van der Waals surface area contributed by atoms with Gasteiger partial charge in [-0.3, -0.25) is 0 Å². The van der Waals surface area contributed by atoms with Gasteiger partial charge in [0.25, 0.3) is 0 Å². The van der Waals surface area contributed by atoms with E-state index in [1.54, 1.807) is 37.9 Å². The highest BCUT2D eigenvalue weighted by Crippen LogP contribution is 2.26. The molecule has 1 aliphatic rings. The van der Waals surface area contributed by atoms with Crippen molar-refractivity contribution in [2.75, 3.05) is 18.0 Å². The molecule has 2 heterocycles. The minimum atomic E-state index is -1.38. The zero-order chi connectivity index (χ0) is 16.4. The van der Waals surface area contributed by atoms with Crippen molar-refractivity contribution in [3.8, 4) is 0 Å². The van der Waals surface area contributed by atoms with Crippen LogP contribution in [0.25, 0.3) is 0 Å². The first-order valence-electron chi connectivity index (χ1n) is 6.97. The molecule has 22 heavy (non-hydrogen) atoms. The van der Waals surface area contributed by atoms with Gasteiger partial charge in [-0.05, 0) is 26.8 Å². The van der Waals surface area contributed by atoms with Gasteiger partial charge in [-0.2, -0.15) is 0 Å². The maximum absolute atomic E-state index is 11.9. The van der Waals surface area contributed by atoms with Crippen LogP contribution in [0.3, 0.4) is 0 Å². The number of nitrogens with zero attached hydrogens (tertiary/aromatic N) is 3. The number of nitrogens with one attached hydrogen (secondary N) is 1. The summed E-state index contributed by atoms with van der Waals surface area (Å²) in [4.78, 5) is 33.3. The Bertz CT molecular complexity index is 558. The molecule has 1 atom stereocenters. The van der Waals surface area contributed by atoms with Gasteiger partial charge in [0.05, 0.1) is 6.54 Å². The lowest BCUT2D eigenvalue weighted by molar-refractivity contribution is -0.143. The fourth-order valence-electron chi connectivity index (χ4n) is 2.31. The van der Waals surface area contributed by atoms with Gasteiger partial charge in [-0.25, -0.2) is 19.6 Å². The Morgan fingerprint density at radius 3 is 2.73 bits per heavy atom. The second kappa shape index (κ2) is 5.78. The second-order valence-electron chi connectivity index (χ2n) is 6.25. The molecular formula is C14H20N4O4. The maximum atomic E-state index is 11.9. The maximum Gasteiger partial charge on any atom is 0.408 e. The molecule has 1 aliphatic heterocycles. The molecule has 2 N–H and O–H groups in total. The van der Waals surface area contributed by atoms with Crippen LogP contribution in [0.2, 0.25) is 0 Å². The zero-order valence-electron chi connectivity index (χ0n) is 12.9. The van der Waals surface area contributed by atoms with Crippen molar-refractivity contribution >= 4 is 17.9 Å². The van der Waals surface area contributed by atoms with E-state index >= 15 is 0 Å². The normalized spacial score (nSPS) is 21.5. The number of anilines is 1. The van der Waals surface area contributed by atoms with Crippen molar-refractivity contribution in [3.63, 3.8) is 0 Å². The third-order valence-electron chi connectivity index (χ3n) is 3.31. The summed E-state index contributed by atoms with van der Waals surface area (Å²) in [5.41, 5.74) is -2.07. The van der Waals surface area contributed by atoms with Crippen LogP contribution in [0.5, 0.6) is 0 Å². The molecule has 0 aromatic carbocycles. The molecule has 1 aromatic heterocycles. The van der Waals surface area contributed by atoms with Crippen molar-refractivity contribution in [2.45, 2.75) is 38.3 Å². The number of rotatable bonds is 3. The van der Waals surface area contributed by atoms with E-state index in [0.717, 1.165) is 0 Å². The number of carbonyl (C=O) groups is 2. The Balaban J connectivity index is 2.11. The molecule has 1 unspecified atom stereocenters. The summed E-state index contributed by atoms with van der Waals surface area (Å²) in [5, 5.41) is 12.0. The first-order chi connectivity index (χ1) is 10.2. The van der Waals surface area contributed by atoms with Crippen LogP contribution in [0.15, 0.2) is 18.6 Å². The molecule has 0 bridgehead atoms. The van der Waals surface area contributed by atoms with E-state index in [1.165, 1.54) is 6.33 Å². The summed E-state index contributed by atoms with van der Waals surface area (Å²) in [6, 6.07) is 1.70. The van der Waals surface area contributed by atoms with E-state index in [1.807, 2.05) is 0 Å². The van der Waals surface area contributed by atoms with Crippen molar-refractivity contribution in [2.24, 2.45) is 0 Å². The van der Waals surface area contributed by atoms with Crippen molar-refractivity contribution < 1.29 is 19.4 Å². The van der Waals surface area contributed by atoms with Gasteiger partial charge in [0.1, 0.15) is 17.7 Å². The highest BCUT2D eigenvalue weighted by atomic mass is 16.6. The molecule has 2 rings (SSSR count). The van der Waals surface area contributed by atoms with Crippen LogP contribution in [0.4, 0.5) is 10.6 Å². The second-order valence-corrected chi connectivity index (χ2v) is 6.25. The van der Waals surface area contributed by atoms with Crippen LogP contribution < -0.4 is 10.2 Å². The first kappa shape index (κ1) is 16.0. The van der Waals surface area contributed by atoms with Crippen LogP contribution in [-0.2, 0) is 9.53 Å². The number of carbonyl (C=O) groups excluding carboxylic acids is 1. The lowest BCUT2D eigenvalue weighted by Gasteiger charge is -2.28. The fourth-order valence-corrected chi connectivity index (χ4v) is 2.31. The highest BCUT2D eigenvalue weighted by molar-refractivity contribution is 5.86. The van der Waals surface area contributed by atoms with Crippen LogP contribution in [-0.4, -0.2) is 51.4 Å². The number of hydrogen-bond donors (Lipinski definition) is 2. The quantitative estimate of drug-likeness (QED) is 0.859. The molecule has 0 spiro atoms. The predicted octanol–water partition coefficient (Wildman–Crippen LogP) is 1.03. The lowest BCUT2D eigenvalue weighted by Crippen LogP contribution is -2.57. The Labute approximate surface area is 128 Å². The average Bonchev–Trinajstić information content (AvgIpc) is 2.83. The van der Waals surface area contributed by atoms with E-state index in [4.69, 9.17) is 4.74 Å². The van der Waals surface area contributed by atoms with Crippen LogP contribution in [0, 0.1) is 0 Å². The SMILES string of the molecule is CC(C)(C)OC(=O)NC1(C(=O)O)CCN(c2ccncn2)C1. The number of hydrogen-bond acceptors (Lipinski definition) is 6. The minimum absolute atomic E-state index is 0.124. The summed E-state index contributed by atoms with van der Waals surface area (Å²) in [6.45, 7) is 5.77. The third-order valence-corrected chi connectivity index (χ3v) is 3.31. The van der Waals surface area contributed by atoms with Gasteiger partial charge in [0, 0.05) is 19.2 Å². The van der Waals surface area contributed by atoms with E-state index in [0.29, 0.717) is 12.4 Å². The number of carboxylic acids is 1. The van der Waals surface area contributed by atoms with E-state index in [-0.39, 0.29) is 13.0 Å². The van der Waals surface area contributed by atoms with E-state index < -0.39 is 23.2 Å². The molecule has 1 amide bonds. The van der Waals surface area contributed by atoms with Gasteiger partial charge < -0.3 is 20.1 Å². The largest absolute Gasteiger partial charge is 0.479 e. The summed E-state index contributed by atoms with van der Waals surface area (Å²) in [7, 11) is 0. The molecule has 1 saturated heterocycles. The minimum Gasteiger partial charge on any atom is -0.479 e. The van der Waals surface area contributed by atoms with E-state index in [2.05, 4.69) is 15.3 Å². The predicted molar refractivity (Wildman–Crippen MR) is 78.6 cm³/mol. The average molecular weight is 308 g/mol. The smallest absolute Gasteiger partial charge is 0.408 e. The number of aliphatic carboxylic acids is 1. The summed E-state index contributed by atoms with van der Waals surface area (Å²) < 4.78 is 5.16. The number of alkyl carbamates (subject to hydrolysis) is 1. The Kier molecular flexibility index (Phi) is 4.20. The van der Waals surface area contributed by atoms with Crippen molar-refractivity contribution in [1.29, 1.82) is 0 Å². The number of ether oxygens (including phenoxy) is 1. The topological polar surface area (TPSA) is 105 Å². The van der Waals surface area contributed by atoms with Gasteiger partial charge in [0.2, 0.25) is 0 Å². The fraction of sp³-hybridized carbons (Fsp3) is 0.571. The zero-order valence-corrected chi connectivity index (χ0v) is 12.9. The third kappa shape index (κ3) is 3.63. The lowest BCUT2D eigenvalue weighted by atomic mass is 9.99. The molecular weight excluding hydrogens is 288 g/mol. The highest BCUT2D eigenvalue weighted by Gasteiger charge is 2.47. The van der Waals surface area contributed by atoms with Crippen molar-refractivity contribution in [1.82, 2.24) is 15.3 Å². The molecule has 0 saturated carbocycles. The summed E-state index contributed by atoms with van der Waals surface area (Å²) >= 11 is 0. The van der Waals surface area contributed by atoms with Gasteiger partial charge >= 0.3 is 12.1 Å². The molecule has 120 valence electrons. The van der Waals surface area contributed by atoms with Crippen LogP contribution >= 0.6 is 0 Å². The standard InChI is InChI=1S/C14H20N4O4/c1-13(2,3)22-12(21)17-14(11(19)20)5-7-18(8-14)10-4-6-15-9-16-10/h4,6,9H,5,7-8H2,1-3H3,(H,17,21)(H,19,20). The Hall–Kier alpha value is -2.38. The number of aromatic nitrogens is 2. The van der Waals surface area contributed by atoms with Gasteiger partial charge in [-0.1, -0.05) is 0 Å². The monoisotopic (exact) mass is 308 g/mol.